The molecule has 106 valence electrons. The van der Waals surface area contributed by atoms with Gasteiger partial charge in [0.25, 0.3) is 0 Å². The Balaban J connectivity index is 2.10. The van der Waals surface area contributed by atoms with Gasteiger partial charge in [0.05, 0.1) is 6.54 Å². The first-order chi connectivity index (χ1) is 10.1. The lowest BCUT2D eigenvalue weighted by molar-refractivity contribution is 0.547. The molecule has 1 aromatic heterocycles. The molecule has 0 aliphatic carbocycles. The van der Waals surface area contributed by atoms with Crippen LogP contribution in [0.15, 0.2) is 48.7 Å². The highest BCUT2D eigenvalue weighted by atomic mass is 32.1. The van der Waals surface area contributed by atoms with Gasteiger partial charge >= 0.3 is 0 Å². The van der Waals surface area contributed by atoms with Crippen LogP contribution in [0.25, 0.3) is 10.9 Å². The molecule has 0 fully saturated rings. The monoisotopic (exact) mass is 302 g/mol. The molecule has 0 saturated carbocycles. The Morgan fingerprint density at radius 3 is 2.38 bits per heavy atom. The first-order valence-corrected chi connectivity index (χ1v) is 6.79. The number of halogens is 2. The molecule has 21 heavy (non-hydrogen) atoms. The van der Waals surface area contributed by atoms with Gasteiger partial charge in [0, 0.05) is 28.2 Å². The summed E-state index contributed by atoms with van der Waals surface area (Å²) in [5, 5.41) is 0.877. The van der Waals surface area contributed by atoms with Crippen LogP contribution in [-0.2, 0) is 6.54 Å². The van der Waals surface area contributed by atoms with Crippen molar-refractivity contribution in [1.29, 1.82) is 0 Å². The minimum Gasteiger partial charge on any atom is -0.389 e. The molecule has 0 radical (unpaired) electrons. The average molecular weight is 302 g/mol. The van der Waals surface area contributed by atoms with Crippen LogP contribution in [0.3, 0.4) is 0 Å². The molecule has 0 unspecified atom stereocenters. The second-order valence-corrected chi connectivity index (χ2v) is 5.19. The second kappa shape index (κ2) is 5.26. The molecule has 3 aromatic rings. The zero-order valence-corrected chi connectivity index (χ0v) is 11.8. The van der Waals surface area contributed by atoms with Crippen LogP contribution in [0.4, 0.5) is 8.78 Å². The maximum Gasteiger partial charge on any atom is 0.131 e. The molecule has 2 aromatic carbocycles. The van der Waals surface area contributed by atoms with Crippen molar-refractivity contribution in [1.82, 2.24) is 4.57 Å². The molecule has 5 heteroatoms. The van der Waals surface area contributed by atoms with Gasteiger partial charge in [-0.1, -0.05) is 30.4 Å². The standard InChI is InChI=1S/C16H12F2N2S/c17-13-4-2-5-14(18)12(13)9-20-8-7-10-11(16(19)21)3-1-6-15(10)20/h1-8H,9H2,(H2,19,21). The lowest BCUT2D eigenvalue weighted by Gasteiger charge is -2.09. The fourth-order valence-corrected chi connectivity index (χ4v) is 2.61. The van der Waals surface area contributed by atoms with E-state index in [9.17, 15) is 8.78 Å². The number of fused-ring (bicyclic) bond motifs is 1. The molecule has 0 atom stereocenters. The summed E-state index contributed by atoms with van der Waals surface area (Å²) in [6, 6.07) is 11.2. The van der Waals surface area contributed by atoms with Crippen LogP contribution in [0.1, 0.15) is 11.1 Å². The number of hydrogen-bond donors (Lipinski definition) is 1. The molecule has 0 saturated heterocycles. The summed E-state index contributed by atoms with van der Waals surface area (Å²) in [4.78, 5) is 0.301. The lowest BCUT2D eigenvalue weighted by atomic mass is 10.1. The Hall–Kier alpha value is -2.27. The summed E-state index contributed by atoms with van der Waals surface area (Å²) in [5.74, 6) is -1.11. The summed E-state index contributed by atoms with van der Waals surface area (Å²) in [7, 11) is 0. The second-order valence-electron chi connectivity index (χ2n) is 4.75. The minimum absolute atomic E-state index is 0.0377. The zero-order chi connectivity index (χ0) is 15.0. The molecule has 0 aliphatic heterocycles. The minimum atomic E-state index is -0.553. The van der Waals surface area contributed by atoms with Crippen molar-refractivity contribution in [3.63, 3.8) is 0 Å². The number of rotatable bonds is 3. The van der Waals surface area contributed by atoms with Crippen LogP contribution < -0.4 is 5.73 Å². The van der Waals surface area contributed by atoms with Crippen molar-refractivity contribution < 1.29 is 8.78 Å². The van der Waals surface area contributed by atoms with Crippen LogP contribution in [0.2, 0.25) is 0 Å². The highest BCUT2D eigenvalue weighted by Gasteiger charge is 2.12. The molecule has 1 heterocycles. The largest absolute Gasteiger partial charge is 0.389 e. The van der Waals surface area contributed by atoms with Crippen LogP contribution in [-0.4, -0.2) is 9.56 Å². The summed E-state index contributed by atoms with van der Waals surface area (Å²) in [6.07, 6.45) is 1.78. The van der Waals surface area contributed by atoms with Crippen LogP contribution in [0.5, 0.6) is 0 Å². The molecule has 3 rings (SSSR count). The van der Waals surface area contributed by atoms with Gasteiger partial charge in [-0.3, -0.25) is 0 Å². The van der Waals surface area contributed by atoms with Crippen LogP contribution >= 0.6 is 12.2 Å². The molecular weight excluding hydrogens is 290 g/mol. The van der Waals surface area contributed by atoms with E-state index in [0.29, 0.717) is 4.99 Å². The van der Waals surface area contributed by atoms with Crippen molar-refractivity contribution in [3.05, 3.63) is 71.4 Å². The fraction of sp³-hybridized carbons (Fsp3) is 0.0625. The SMILES string of the molecule is NC(=S)c1cccc2c1ccn2Cc1c(F)cccc1F. The number of nitrogens with two attached hydrogens (primary N) is 1. The smallest absolute Gasteiger partial charge is 0.131 e. The van der Waals surface area contributed by atoms with E-state index in [4.69, 9.17) is 18.0 Å². The third-order valence-electron chi connectivity index (χ3n) is 3.47. The van der Waals surface area contributed by atoms with E-state index in [-0.39, 0.29) is 12.1 Å². The van der Waals surface area contributed by atoms with E-state index in [1.54, 1.807) is 10.8 Å². The molecule has 0 bridgehead atoms. The average Bonchev–Trinajstić information content (AvgIpc) is 2.86. The molecule has 0 spiro atoms. The van der Waals surface area contributed by atoms with Gasteiger partial charge in [0.2, 0.25) is 0 Å². The van der Waals surface area contributed by atoms with E-state index in [1.807, 2.05) is 24.3 Å². The van der Waals surface area contributed by atoms with Gasteiger partial charge in [0.1, 0.15) is 16.6 Å². The van der Waals surface area contributed by atoms with Crippen molar-refractivity contribution in [2.75, 3.05) is 0 Å². The molecular formula is C16H12F2N2S. The molecule has 2 nitrogen and oxygen atoms in total. The van der Waals surface area contributed by atoms with Gasteiger partial charge in [-0.2, -0.15) is 0 Å². The Morgan fingerprint density at radius 2 is 1.71 bits per heavy atom. The van der Waals surface area contributed by atoms with E-state index in [2.05, 4.69) is 0 Å². The van der Waals surface area contributed by atoms with E-state index in [1.165, 1.54) is 18.2 Å². The number of nitrogens with zero attached hydrogens (tertiary/aromatic N) is 1. The third-order valence-corrected chi connectivity index (χ3v) is 3.69. The highest BCUT2D eigenvalue weighted by Crippen LogP contribution is 2.22. The number of aromatic nitrogens is 1. The van der Waals surface area contributed by atoms with Crippen molar-refractivity contribution in [2.24, 2.45) is 5.73 Å². The normalized spacial score (nSPS) is 11.0. The summed E-state index contributed by atoms with van der Waals surface area (Å²) < 4.78 is 29.3. The summed E-state index contributed by atoms with van der Waals surface area (Å²) >= 11 is 5.02. The van der Waals surface area contributed by atoms with Gasteiger partial charge in [-0.25, -0.2) is 8.78 Å². The van der Waals surface area contributed by atoms with Gasteiger partial charge in [0.15, 0.2) is 0 Å². The quantitative estimate of drug-likeness (QED) is 0.749. The predicted molar refractivity (Wildman–Crippen MR) is 83.3 cm³/mol. The summed E-state index contributed by atoms with van der Waals surface area (Å²) in [6.45, 7) is 0.114. The molecule has 2 N–H and O–H groups in total. The van der Waals surface area contributed by atoms with Gasteiger partial charge < -0.3 is 10.3 Å². The first kappa shape index (κ1) is 13.7. The Bertz CT molecular complexity index is 819. The summed E-state index contributed by atoms with van der Waals surface area (Å²) in [5.41, 5.74) is 7.33. The predicted octanol–water partition coefficient (Wildman–Crippen LogP) is 3.60. The number of benzene rings is 2. The Morgan fingerprint density at radius 1 is 1.05 bits per heavy atom. The Kier molecular flexibility index (Phi) is 3.43. The fourth-order valence-electron chi connectivity index (χ4n) is 2.43. The lowest BCUT2D eigenvalue weighted by Crippen LogP contribution is -2.09. The highest BCUT2D eigenvalue weighted by molar-refractivity contribution is 7.80. The topological polar surface area (TPSA) is 30.9 Å². The maximum absolute atomic E-state index is 13.8. The first-order valence-electron chi connectivity index (χ1n) is 6.38. The number of thiocarbonyl (C=S) groups is 1. The van der Waals surface area contributed by atoms with Crippen molar-refractivity contribution in [3.8, 4) is 0 Å². The van der Waals surface area contributed by atoms with E-state index >= 15 is 0 Å². The van der Waals surface area contributed by atoms with Gasteiger partial charge in [-0.05, 0) is 24.3 Å². The van der Waals surface area contributed by atoms with Crippen molar-refractivity contribution >= 4 is 28.1 Å². The third kappa shape index (κ3) is 2.40. The van der Waals surface area contributed by atoms with Gasteiger partial charge in [-0.15, -0.1) is 0 Å². The molecule has 0 aliphatic rings. The Labute approximate surface area is 125 Å². The van der Waals surface area contributed by atoms with E-state index in [0.717, 1.165) is 16.5 Å². The van der Waals surface area contributed by atoms with E-state index < -0.39 is 11.6 Å². The zero-order valence-electron chi connectivity index (χ0n) is 11.0. The van der Waals surface area contributed by atoms with Crippen molar-refractivity contribution in [2.45, 2.75) is 6.54 Å². The maximum atomic E-state index is 13.8. The number of hydrogen-bond acceptors (Lipinski definition) is 1. The van der Waals surface area contributed by atoms with Crippen LogP contribution in [0, 0.1) is 11.6 Å². The molecule has 0 amide bonds.